The molecule has 8 heteroatoms. The van der Waals surface area contributed by atoms with Crippen molar-refractivity contribution >= 4 is 23.4 Å². The number of allylic oxidation sites excluding steroid dienone is 1. The Morgan fingerprint density at radius 2 is 1.92 bits per heavy atom. The minimum Gasteiger partial charge on any atom is -0.493 e. The topological polar surface area (TPSA) is 79.1 Å². The molecule has 7 nitrogen and oxygen atoms in total. The molecule has 0 saturated carbocycles. The molecule has 37 heavy (non-hydrogen) atoms. The van der Waals surface area contributed by atoms with Crippen molar-refractivity contribution in [1.82, 2.24) is 4.57 Å². The molecule has 0 aliphatic carbocycles. The molecule has 0 spiro atoms. The van der Waals surface area contributed by atoms with E-state index in [4.69, 9.17) is 14.2 Å². The zero-order chi connectivity index (χ0) is 26.5. The van der Waals surface area contributed by atoms with Gasteiger partial charge in [0, 0.05) is 0 Å². The van der Waals surface area contributed by atoms with Crippen LogP contribution in [0.5, 0.6) is 11.5 Å². The minimum atomic E-state index is -0.630. The van der Waals surface area contributed by atoms with Crippen molar-refractivity contribution in [3.63, 3.8) is 0 Å². The first-order valence-corrected chi connectivity index (χ1v) is 13.2. The van der Waals surface area contributed by atoms with Crippen LogP contribution in [0.4, 0.5) is 0 Å². The van der Waals surface area contributed by atoms with Gasteiger partial charge in [-0.1, -0.05) is 61.1 Å². The quantitative estimate of drug-likeness (QED) is 0.309. The highest BCUT2D eigenvalue weighted by Gasteiger charge is 2.33. The second kappa shape index (κ2) is 11.6. The van der Waals surface area contributed by atoms with Gasteiger partial charge in [0.25, 0.3) is 5.56 Å². The molecule has 1 unspecified atom stereocenters. The van der Waals surface area contributed by atoms with Crippen molar-refractivity contribution in [1.29, 1.82) is 0 Å². The first-order chi connectivity index (χ1) is 17.8. The van der Waals surface area contributed by atoms with Gasteiger partial charge in [-0.15, -0.1) is 0 Å². The zero-order valence-corrected chi connectivity index (χ0v) is 22.6. The number of rotatable bonds is 9. The highest BCUT2D eigenvalue weighted by Crippen LogP contribution is 2.31. The summed E-state index contributed by atoms with van der Waals surface area (Å²) in [6, 6.07) is 14.5. The molecule has 194 valence electrons. The first-order valence-electron chi connectivity index (χ1n) is 12.4. The van der Waals surface area contributed by atoms with Crippen molar-refractivity contribution < 1.29 is 19.0 Å². The summed E-state index contributed by atoms with van der Waals surface area (Å²) in [7, 11) is 1.60. The summed E-state index contributed by atoms with van der Waals surface area (Å²) in [6.07, 6.45) is 3.52. The van der Waals surface area contributed by atoms with Crippen molar-refractivity contribution in [3.8, 4) is 11.5 Å². The predicted octanol–water partition coefficient (Wildman–Crippen LogP) is 4.37. The highest BCUT2D eigenvalue weighted by atomic mass is 32.1. The van der Waals surface area contributed by atoms with Crippen LogP contribution in [0.1, 0.15) is 57.7 Å². The number of thiazole rings is 1. The summed E-state index contributed by atoms with van der Waals surface area (Å²) in [6.45, 7) is 8.11. The number of carbonyl (C=O) groups is 1. The van der Waals surface area contributed by atoms with Crippen LogP contribution in [0, 0.1) is 0 Å². The molecule has 4 rings (SSSR count). The lowest BCUT2D eigenvalue weighted by molar-refractivity contribution is -0.143. The Labute approximate surface area is 220 Å². The minimum absolute atomic E-state index is 0.220. The summed E-state index contributed by atoms with van der Waals surface area (Å²) in [5.74, 6) is 0.805. The van der Waals surface area contributed by atoms with Crippen LogP contribution >= 0.6 is 11.3 Å². The van der Waals surface area contributed by atoms with Crippen molar-refractivity contribution in [2.75, 3.05) is 13.7 Å². The number of esters is 1. The Hall–Kier alpha value is -3.65. The number of aromatic nitrogens is 1. The fourth-order valence-electron chi connectivity index (χ4n) is 4.18. The third kappa shape index (κ3) is 5.69. The van der Waals surface area contributed by atoms with Crippen LogP contribution < -0.4 is 24.4 Å². The molecule has 0 bridgehead atoms. The molecule has 3 aromatic rings. The van der Waals surface area contributed by atoms with E-state index in [1.54, 1.807) is 32.4 Å². The van der Waals surface area contributed by atoms with E-state index in [0.29, 0.717) is 38.7 Å². The van der Waals surface area contributed by atoms with Crippen LogP contribution in [0.15, 0.2) is 69.6 Å². The van der Waals surface area contributed by atoms with Gasteiger partial charge in [0.05, 0.1) is 41.7 Å². The molecule has 1 aliphatic heterocycles. The molecular weight excluding hydrogens is 488 g/mol. The van der Waals surface area contributed by atoms with Crippen LogP contribution in [-0.2, 0) is 9.53 Å². The second-order valence-electron chi connectivity index (χ2n) is 9.06. The van der Waals surface area contributed by atoms with Gasteiger partial charge in [0.2, 0.25) is 0 Å². The monoisotopic (exact) mass is 520 g/mol. The molecule has 0 fully saturated rings. The molecule has 0 radical (unpaired) electrons. The van der Waals surface area contributed by atoms with Crippen molar-refractivity contribution in [2.24, 2.45) is 4.99 Å². The standard InChI is InChI=1S/C29H32N2O5S/c1-6-7-15-35-22-14-13-20(16-23(22)34-5)17-24-27(32)31-26(21-11-9-8-10-12-21)25(28(33)36-18(2)3)19(4)30-29(31)37-24/h8-14,16-18,26H,6-7,15H2,1-5H3. The van der Waals surface area contributed by atoms with E-state index < -0.39 is 12.0 Å². The average Bonchev–Trinajstić information content (AvgIpc) is 3.18. The van der Waals surface area contributed by atoms with E-state index in [1.807, 2.05) is 54.6 Å². The molecule has 1 aromatic heterocycles. The lowest BCUT2D eigenvalue weighted by Gasteiger charge is -2.25. The van der Waals surface area contributed by atoms with E-state index in [0.717, 1.165) is 24.0 Å². The Morgan fingerprint density at radius 1 is 1.16 bits per heavy atom. The second-order valence-corrected chi connectivity index (χ2v) is 10.1. The number of hydrogen-bond donors (Lipinski definition) is 0. The number of unbranched alkanes of at least 4 members (excludes halogenated alkanes) is 1. The Morgan fingerprint density at radius 3 is 2.59 bits per heavy atom. The summed E-state index contributed by atoms with van der Waals surface area (Å²) >= 11 is 1.29. The number of carbonyl (C=O) groups excluding carboxylic acids is 1. The summed E-state index contributed by atoms with van der Waals surface area (Å²) in [5, 5.41) is 0. The number of ether oxygens (including phenoxy) is 3. The third-order valence-corrected chi connectivity index (χ3v) is 6.92. The van der Waals surface area contributed by atoms with Gasteiger partial charge in [-0.25, -0.2) is 9.79 Å². The number of methoxy groups -OCH3 is 1. The van der Waals surface area contributed by atoms with Crippen LogP contribution in [-0.4, -0.2) is 30.4 Å². The van der Waals surface area contributed by atoms with Gasteiger partial charge in [0.1, 0.15) is 0 Å². The van der Waals surface area contributed by atoms with Gasteiger partial charge in [-0.05, 0) is 56.5 Å². The van der Waals surface area contributed by atoms with Gasteiger partial charge in [0.15, 0.2) is 16.3 Å². The van der Waals surface area contributed by atoms with Gasteiger partial charge < -0.3 is 14.2 Å². The molecule has 2 aromatic carbocycles. The van der Waals surface area contributed by atoms with E-state index in [1.165, 1.54) is 11.3 Å². The zero-order valence-electron chi connectivity index (χ0n) is 21.8. The number of hydrogen-bond acceptors (Lipinski definition) is 7. The third-order valence-electron chi connectivity index (χ3n) is 5.94. The molecule has 1 aliphatic rings. The first kappa shape index (κ1) is 26.4. The molecule has 0 amide bonds. The fraction of sp³-hybridized carbons (Fsp3) is 0.345. The highest BCUT2D eigenvalue weighted by molar-refractivity contribution is 7.07. The summed E-state index contributed by atoms with van der Waals surface area (Å²) in [5.41, 5.74) is 2.31. The van der Waals surface area contributed by atoms with Gasteiger partial charge >= 0.3 is 5.97 Å². The number of fused-ring (bicyclic) bond motifs is 1. The normalized spacial score (nSPS) is 15.4. The number of benzene rings is 2. The predicted molar refractivity (Wildman–Crippen MR) is 145 cm³/mol. The molecule has 2 heterocycles. The fourth-order valence-corrected chi connectivity index (χ4v) is 5.23. The molecule has 0 saturated heterocycles. The summed E-state index contributed by atoms with van der Waals surface area (Å²) in [4.78, 5) is 32.1. The van der Waals surface area contributed by atoms with E-state index in [9.17, 15) is 9.59 Å². The average molecular weight is 521 g/mol. The SMILES string of the molecule is CCCCOc1ccc(C=c2sc3n(c2=O)C(c2ccccc2)C(C(=O)OC(C)C)=C(C)N=3)cc1OC. The van der Waals surface area contributed by atoms with Crippen molar-refractivity contribution in [3.05, 3.63) is 90.6 Å². The Bertz CT molecular complexity index is 1480. The Balaban J connectivity index is 1.82. The van der Waals surface area contributed by atoms with Crippen LogP contribution in [0.2, 0.25) is 0 Å². The molecule has 1 atom stereocenters. The molecule has 0 N–H and O–H groups in total. The molecular formula is C29H32N2O5S. The largest absolute Gasteiger partial charge is 0.493 e. The maximum atomic E-state index is 13.7. The maximum Gasteiger partial charge on any atom is 0.338 e. The number of nitrogens with zero attached hydrogens (tertiary/aromatic N) is 2. The lowest BCUT2D eigenvalue weighted by Crippen LogP contribution is -2.40. The van der Waals surface area contributed by atoms with Gasteiger partial charge in [-0.3, -0.25) is 9.36 Å². The summed E-state index contributed by atoms with van der Waals surface area (Å²) < 4.78 is 19.0. The van der Waals surface area contributed by atoms with Crippen LogP contribution in [0.3, 0.4) is 0 Å². The maximum absolute atomic E-state index is 13.7. The van der Waals surface area contributed by atoms with E-state index >= 15 is 0 Å². The Kier molecular flexibility index (Phi) is 8.28. The van der Waals surface area contributed by atoms with Crippen LogP contribution in [0.25, 0.3) is 6.08 Å². The smallest absolute Gasteiger partial charge is 0.338 e. The lowest BCUT2D eigenvalue weighted by atomic mass is 9.96. The van der Waals surface area contributed by atoms with E-state index in [2.05, 4.69) is 11.9 Å². The van der Waals surface area contributed by atoms with Crippen molar-refractivity contribution in [2.45, 2.75) is 52.7 Å². The van der Waals surface area contributed by atoms with Gasteiger partial charge in [-0.2, -0.15) is 0 Å². The van der Waals surface area contributed by atoms with E-state index in [-0.39, 0.29) is 11.7 Å².